The molecule has 0 saturated carbocycles. The molecule has 1 unspecified atom stereocenters. The molecule has 0 amide bonds. The van der Waals surface area contributed by atoms with Gasteiger partial charge in [0, 0.05) is 50.5 Å². The van der Waals surface area contributed by atoms with Crippen LogP contribution < -0.4 is 27.4 Å². The van der Waals surface area contributed by atoms with Crippen LogP contribution in [0.25, 0.3) is 21.9 Å². The Morgan fingerprint density at radius 3 is 2.67 bits per heavy atom. The molecule has 1 aromatic carbocycles. The van der Waals surface area contributed by atoms with E-state index in [9.17, 15) is 4.79 Å². The molecule has 1 atom stereocenters. The molecule has 3 aromatic rings. The van der Waals surface area contributed by atoms with E-state index in [1.807, 2.05) is 56.5 Å². The van der Waals surface area contributed by atoms with Gasteiger partial charge in [0.05, 0.1) is 22.4 Å². The van der Waals surface area contributed by atoms with Crippen LogP contribution in [0.2, 0.25) is 0 Å². The number of fused-ring (bicyclic) bond motifs is 1. The molecule has 10 heteroatoms. The van der Waals surface area contributed by atoms with Crippen LogP contribution in [0, 0.1) is 6.92 Å². The molecule has 2 aliphatic rings. The highest BCUT2D eigenvalue weighted by atomic mass is 32.1. The van der Waals surface area contributed by atoms with Crippen molar-refractivity contribution in [1.29, 1.82) is 0 Å². The van der Waals surface area contributed by atoms with Gasteiger partial charge in [0.15, 0.2) is 5.13 Å². The first kappa shape index (κ1) is 31.3. The Hall–Kier alpha value is -3.18. The Kier molecular flexibility index (Phi) is 12.7. The van der Waals surface area contributed by atoms with E-state index in [-0.39, 0.29) is 11.7 Å². The quantitative estimate of drug-likeness (QED) is 0.331. The number of allylic oxidation sites excluding steroid dienone is 2. The lowest BCUT2D eigenvalue weighted by molar-refractivity contribution is 0.198. The maximum atomic E-state index is 13.0. The standard InChI is InChI=1S/C24H31N7OS.C4H8O.C2H6/c1-16-8-9-21-22(14-16)30(3)24(32)31(21)23-29-20(15-33-23)17(2)28-19(6-4-10-25)18-7-5-11-26-12-13-27-18;1-2-4-5-3-1;1-2/h4,6,8-10,14-15,18,26-28H,2,5,7,11-13,25H2,1,3H3;1-4H2;1-2H3/b10-4-,19-6+;;. The van der Waals surface area contributed by atoms with Crippen molar-refractivity contribution < 1.29 is 4.74 Å². The van der Waals surface area contributed by atoms with Gasteiger partial charge in [-0.1, -0.05) is 26.5 Å². The van der Waals surface area contributed by atoms with Gasteiger partial charge in [0.25, 0.3) is 0 Å². The average Bonchev–Trinajstić information content (AvgIpc) is 3.72. The highest BCUT2D eigenvalue weighted by Gasteiger charge is 2.19. The van der Waals surface area contributed by atoms with Gasteiger partial charge in [-0.2, -0.15) is 0 Å². The first-order valence-electron chi connectivity index (χ1n) is 14.2. The van der Waals surface area contributed by atoms with E-state index in [2.05, 4.69) is 22.5 Å². The predicted molar refractivity (Wildman–Crippen MR) is 168 cm³/mol. The molecular weight excluding hydrogens is 522 g/mol. The number of rotatable bonds is 6. The number of nitrogens with two attached hydrogens (primary N) is 1. The van der Waals surface area contributed by atoms with Crippen LogP contribution in [0.3, 0.4) is 0 Å². The van der Waals surface area contributed by atoms with Crippen LogP contribution >= 0.6 is 11.3 Å². The summed E-state index contributed by atoms with van der Waals surface area (Å²) < 4.78 is 8.26. The molecule has 9 nitrogen and oxygen atoms in total. The molecule has 2 aliphatic heterocycles. The van der Waals surface area contributed by atoms with Crippen molar-refractivity contribution in [2.45, 2.75) is 52.5 Å². The van der Waals surface area contributed by atoms with Gasteiger partial charge in [0.1, 0.15) is 0 Å². The molecule has 0 aliphatic carbocycles. The molecule has 0 bridgehead atoms. The van der Waals surface area contributed by atoms with Crippen molar-refractivity contribution in [2.24, 2.45) is 12.8 Å². The average molecular weight is 568 g/mol. The maximum Gasteiger partial charge on any atom is 0.335 e. The number of nitrogens with one attached hydrogen (secondary N) is 3. The smallest absolute Gasteiger partial charge is 0.335 e. The third-order valence-electron chi connectivity index (χ3n) is 6.63. The first-order valence-corrected chi connectivity index (χ1v) is 15.1. The van der Waals surface area contributed by atoms with Crippen molar-refractivity contribution in [2.75, 3.05) is 32.8 Å². The zero-order valence-corrected chi connectivity index (χ0v) is 25.2. The molecule has 218 valence electrons. The Bertz CT molecular complexity index is 1330. The van der Waals surface area contributed by atoms with Crippen LogP contribution in [-0.2, 0) is 11.8 Å². The normalized spacial score (nSPS) is 17.9. The topological polar surface area (TPSA) is 111 Å². The van der Waals surface area contributed by atoms with E-state index >= 15 is 0 Å². The number of hydrogen-bond acceptors (Lipinski definition) is 8. The Labute approximate surface area is 241 Å². The largest absolute Gasteiger partial charge is 0.405 e. The number of aryl methyl sites for hydroxylation is 2. The fourth-order valence-corrected chi connectivity index (χ4v) is 5.39. The summed E-state index contributed by atoms with van der Waals surface area (Å²) in [5.74, 6) is 0. The van der Waals surface area contributed by atoms with E-state index in [0.717, 1.165) is 68.0 Å². The molecule has 5 rings (SSSR count). The van der Waals surface area contributed by atoms with E-state index < -0.39 is 0 Å². The number of aromatic nitrogens is 3. The molecule has 4 heterocycles. The lowest BCUT2D eigenvalue weighted by atomic mass is 10.1. The lowest BCUT2D eigenvalue weighted by Crippen LogP contribution is -2.42. The van der Waals surface area contributed by atoms with Crippen LogP contribution in [0.4, 0.5) is 0 Å². The number of hydrogen-bond donors (Lipinski definition) is 4. The second-order valence-electron chi connectivity index (χ2n) is 9.51. The molecule has 0 spiro atoms. The number of imidazole rings is 1. The van der Waals surface area contributed by atoms with Gasteiger partial charge >= 0.3 is 5.69 Å². The van der Waals surface area contributed by atoms with Crippen LogP contribution in [0.5, 0.6) is 0 Å². The SMILES string of the molecule is C1CCOC1.C=C(N/C(=C/C=C\N)C1CCCNCCN1)c1csc(-n2c(=O)n(C)c3cc(C)ccc32)n1.CC. The number of nitrogens with zero attached hydrogens (tertiary/aromatic N) is 3. The Morgan fingerprint density at radius 1 is 1.20 bits per heavy atom. The maximum absolute atomic E-state index is 13.0. The molecule has 0 radical (unpaired) electrons. The summed E-state index contributed by atoms with van der Waals surface area (Å²) in [7, 11) is 1.79. The minimum absolute atomic E-state index is 0.115. The summed E-state index contributed by atoms with van der Waals surface area (Å²) >= 11 is 1.42. The Balaban J connectivity index is 0.000000558. The van der Waals surface area contributed by atoms with Crippen molar-refractivity contribution in [3.8, 4) is 5.13 Å². The minimum atomic E-state index is -0.115. The van der Waals surface area contributed by atoms with Crippen LogP contribution in [0.1, 0.15) is 50.8 Å². The van der Waals surface area contributed by atoms with E-state index in [1.165, 1.54) is 30.4 Å². The zero-order valence-electron chi connectivity index (χ0n) is 24.3. The third kappa shape index (κ3) is 8.17. The monoisotopic (exact) mass is 567 g/mol. The number of ether oxygens (including phenoxy) is 1. The van der Waals surface area contributed by atoms with Crippen LogP contribution in [-0.4, -0.2) is 53.0 Å². The van der Waals surface area contributed by atoms with Crippen molar-refractivity contribution in [1.82, 2.24) is 30.1 Å². The van der Waals surface area contributed by atoms with Gasteiger partial charge < -0.3 is 26.4 Å². The van der Waals surface area contributed by atoms with E-state index in [0.29, 0.717) is 16.5 Å². The van der Waals surface area contributed by atoms with Crippen molar-refractivity contribution in [3.05, 3.63) is 75.9 Å². The predicted octanol–water partition coefficient (Wildman–Crippen LogP) is 4.18. The number of benzene rings is 1. The molecule has 2 saturated heterocycles. The Morgan fingerprint density at radius 2 is 1.98 bits per heavy atom. The number of thiazole rings is 1. The summed E-state index contributed by atoms with van der Waals surface area (Å²) in [6.07, 6.45) is 9.93. The van der Waals surface area contributed by atoms with Gasteiger partial charge in [-0.25, -0.2) is 14.3 Å². The third-order valence-corrected chi connectivity index (χ3v) is 7.45. The van der Waals surface area contributed by atoms with E-state index in [1.54, 1.807) is 16.2 Å². The summed E-state index contributed by atoms with van der Waals surface area (Å²) in [6, 6.07) is 6.16. The fraction of sp³-hybridized carbons (Fsp3) is 0.467. The highest BCUT2D eigenvalue weighted by Crippen LogP contribution is 2.24. The summed E-state index contributed by atoms with van der Waals surface area (Å²) in [5, 5.41) is 13.0. The van der Waals surface area contributed by atoms with Crippen molar-refractivity contribution >= 4 is 28.1 Å². The van der Waals surface area contributed by atoms with Crippen LogP contribution in [0.15, 0.2) is 59.0 Å². The zero-order chi connectivity index (χ0) is 28.9. The van der Waals surface area contributed by atoms with Gasteiger partial charge in [-0.05, 0) is 75.2 Å². The summed E-state index contributed by atoms with van der Waals surface area (Å²) in [6.45, 7) is 15.1. The lowest BCUT2D eigenvalue weighted by Gasteiger charge is -2.26. The molecule has 40 heavy (non-hydrogen) atoms. The van der Waals surface area contributed by atoms with Gasteiger partial charge in [-0.3, -0.25) is 4.57 Å². The second-order valence-corrected chi connectivity index (χ2v) is 10.3. The molecule has 2 aromatic heterocycles. The first-order chi connectivity index (χ1) is 19.5. The van der Waals surface area contributed by atoms with Gasteiger partial charge in [0.2, 0.25) is 0 Å². The molecular formula is C30H45N7O2S. The van der Waals surface area contributed by atoms with E-state index in [4.69, 9.17) is 15.5 Å². The van der Waals surface area contributed by atoms with Gasteiger partial charge in [-0.15, -0.1) is 11.3 Å². The summed E-state index contributed by atoms with van der Waals surface area (Å²) in [5.41, 5.74) is 10.7. The molecule has 2 fully saturated rings. The summed E-state index contributed by atoms with van der Waals surface area (Å²) in [4.78, 5) is 17.7. The minimum Gasteiger partial charge on any atom is -0.405 e. The highest BCUT2D eigenvalue weighted by molar-refractivity contribution is 7.12. The molecule has 5 N–H and O–H groups in total. The second kappa shape index (κ2) is 16.2. The van der Waals surface area contributed by atoms with Crippen molar-refractivity contribution in [3.63, 3.8) is 0 Å². The fourth-order valence-electron chi connectivity index (χ4n) is 4.55.